The minimum Gasteiger partial charge on any atom is -0.444 e. The summed E-state index contributed by atoms with van der Waals surface area (Å²) in [5, 5.41) is 15.3. The molecule has 200 valence electrons. The van der Waals surface area contributed by atoms with Gasteiger partial charge < -0.3 is 20.3 Å². The summed E-state index contributed by atoms with van der Waals surface area (Å²) in [7, 11) is 0. The zero-order valence-electron chi connectivity index (χ0n) is 23.2. The molecule has 0 aliphatic rings. The van der Waals surface area contributed by atoms with Crippen molar-refractivity contribution in [2.75, 3.05) is 13.1 Å². The van der Waals surface area contributed by atoms with Gasteiger partial charge in [0.15, 0.2) is 0 Å². The van der Waals surface area contributed by atoms with Crippen molar-refractivity contribution in [3.05, 3.63) is 34.9 Å². The van der Waals surface area contributed by atoms with Gasteiger partial charge in [-0.3, -0.25) is 9.59 Å². The van der Waals surface area contributed by atoms with E-state index in [1.165, 1.54) is 4.90 Å². The van der Waals surface area contributed by atoms with Gasteiger partial charge in [-0.05, 0) is 52.5 Å². The fraction of sp³-hybridized carbons (Fsp3) is 0.643. The summed E-state index contributed by atoms with van der Waals surface area (Å²) in [4.78, 5) is 41.3. The Labute approximate surface area is 216 Å². The summed E-state index contributed by atoms with van der Waals surface area (Å²) >= 11 is 0. The van der Waals surface area contributed by atoms with Crippen LogP contribution in [0.15, 0.2) is 18.2 Å². The van der Waals surface area contributed by atoms with Crippen LogP contribution >= 0.6 is 0 Å². The number of nitrogens with one attached hydrogen (secondary N) is 2. The van der Waals surface area contributed by atoms with E-state index in [9.17, 15) is 19.6 Å². The van der Waals surface area contributed by atoms with E-state index in [4.69, 9.17) is 4.74 Å². The highest BCUT2D eigenvalue weighted by atomic mass is 16.6. The molecule has 36 heavy (non-hydrogen) atoms. The molecule has 3 amide bonds. The number of hydrogen-bond acceptors (Lipinski definition) is 5. The first kappa shape index (κ1) is 31.0. The average Bonchev–Trinajstić information content (AvgIpc) is 2.77. The van der Waals surface area contributed by atoms with Crippen LogP contribution < -0.4 is 10.6 Å². The van der Waals surface area contributed by atoms with Gasteiger partial charge >= 0.3 is 6.09 Å². The summed E-state index contributed by atoms with van der Waals surface area (Å²) in [6.45, 7) is 15.1. The normalized spacial score (nSPS) is 13.6. The molecule has 0 fully saturated rings. The third-order valence-electron chi connectivity index (χ3n) is 5.87. The maximum absolute atomic E-state index is 13.9. The van der Waals surface area contributed by atoms with Crippen molar-refractivity contribution in [3.63, 3.8) is 0 Å². The van der Waals surface area contributed by atoms with Gasteiger partial charge in [0.05, 0.1) is 6.07 Å². The molecule has 1 rings (SSSR count). The van der Waals surface area contributed by atoms with Crippen LogP contribution in [0.1, 0.15) is 90.0 Å². The zero-order chi connectivity index (χ0) is 27.5. The number of nitrogens with zero attached hydrogens (tertiary/aromatic N) is 2. The van der Waals surface area contributed by atoms with Crippen LogP contribution in [0.2, 0.25) is 0 Å². The van der Waals surface area contributed by atoms with Crippen molar-refractivity contribution in [3.8, 4) is 6.07 Å². The van der Waals surface area contributed by atoms with E-state index in [2.05, 4.69) is 17.6 Å². The first-order valence-electron chi connectivity index (χ1n) is 12.9. The molecular formula is C28H44N4O4. The molecule has 0 aliphatic heterocycles. The molecule has 0 aromatic heterocycles. The van der Waals surface area contributed by atoms with Crippen LogP contribution in [-0.2, 0) is 14.3 Å². The summed E-state index contributed by atoms with van der Waals surface area (Å²) < 4.78 is 5.39. The third kappa shape index (κ3) is 9.88. The van der Waals surface area contributed by atoms with E-state index in [0.717, 1.165) is 30.4 Å². The van der Waals surface area contributed by atoms with Crippen molar-refractivity contribution >= 4 is 17.9 Å². The Bertz CT molecular complexity index is 912. The van der Waals surface area contributed by atoms with E-state index in [1.54, 1.807) is 20.8 Å². The molecule has 2 N–H and O–H groups in total. The molecule has 3 unspecified atom stereocenters. The van der Waals surface area contributed by atoms with Gasteiger partial charge in [0.2, 0.25) is 11.8 Å². The number of amides is 3. The lowest BCUT2D eigenvalue weighted by molar-refractivity contribution is -0.142. The Morgan fingerprint density at radius 2 is 1.69 bits per heavy atom. The molecule has 0 radical (unpaired) electrons. The lowest BCUT2D eigenvalue weighted by atomic mass is 9.94. The van der Waals surface area contributed by atoms with Crippen molar-refractivity contribution in [1.29, 1.82) is 5.26 Å². The number of rotatable bonds is 12. The molecule has 0 heterocycles. The Balaban J connectivity index is 3.46. The van der Waals surface area contributed by atoms with Crippen LogP contribution in [-0.4, -0.2) is 47.5 Å². The highest BCUT2D eigenvalue weighted by Gasteiger charge is 2.38. The van der Waals surface area contributed by atoms with Crippen LogP contribution in [0.3, 0.4) is 0 Å². The molecule has 8 heteroatoms. The first-order chi connectivity index (χ1) is 16.8. The lowest BCUT2D eigenvalue weighted by Gasteiger charge is -2.35. The summed E-state index contributed by atoms with van der Waals surface area (Å²) in [6, 6.07) is 5.79. The van der Waals surface area contributed by atoms with E-state index >= 15 is 0 Å². The van der Waals surface area contributed by atoms with Crippen molar-refractivity contribution in [1.82, 2.24) is 15.5 Å². The molecule has 0 saturated carbocycles. The Kier molecular flexibility index (Phi) is 12.4. The fourth-order valence-corrected chi connectivity index (χ4v) is 3.99. The van der Waals surface area contributed by atoms with E-state index in [1.807, 2.05) is 52.0 Å². The second-order valence-electron chi connectivity index (χ2n) is 10.5. The number of benzene rings is 1. The smallest absolute Gasteiger partial charge is 0.408 e. The predicted octanol–water partition coefficient (Wildman–Crippen LogP) is 4.94. The molecule has 0 aliphatic carbocycles. The number of unbranched alkanes of at least 4 members (excludes halogenated alkanes) is 2. The number of carbonyl (C=O) groups excluding carboxylic acids is 3. The monoisotopic (exact) mass is 500 g/mol. The van der Waals surface area contributed by atoms with Crippen LogP contribution in [0.5, 0.6) is 0 Å². The van der Waals surface area contributed by atoms with Crippen molar-refractivity contribution in [2.24, 2.45) is 5.92 Å². The molecule has 0 spiro atoms. The highest BCUT2D eigenvalue weighted by molar-refractivity contribution is 5.92. The van der Waals surface area contributed by atoms with Crippen molar-refractivity contribution in [2.45, 2.75) is 98.8 Å². The molecule has 0 bridgehead atoms. The molecular weight excluding hydrogens is 456 g/mol. The maximum atomic E-state index is 13.9. The van der Waals surface area contributed by atoms with Crippen LogP contribution in [0, 0.1) is 31.1 Å². The van der Waals surface area contributed by atoms with Crippen LogP contribution in [0.25, 0.3) is 0 Å². The van der Waals surface area contributed by atoms with Crippen molar-refractivity contribution < 1.29 is 19.1 Å². The number of alkyl carbamates (subject to hydrolysis) is 1. The minimum atomic E-state index is -1.01. The predicted molar refractivity (Wildman–Crippen MR) is 141 cm³/mol. The quantitative estimate of drug-likeness (QED) is 0.312. The average molecular weight is 501 g/mol. The van der Waals surface area contributed by atoms with Gasteiger partial charge in [-0.15, -0.1) is 0 Å². The zero-order valence-corrected chi connectivity index (χ0v) is 23.2. The van der Waals surface area contributed by atoms with Gasteiger partial charge in [-0.25, -0.2) is 4.79 Å². The largest absolute Gasteiger partial charge is 0.444 e. The molecule has 1 aromatic carbocycles. The third-order valence-corrected chi connectivity index (χ3v) is 5.87. The highest BCUT2D eigenvalue weighted by Crippen LogP contribution is 2.26. The topological polar surface area (TPSA) is 112 Å². The number of hydrogen-bond donors (Lipinski definition) is 2. The Morgan fingerprint density at radius 3 is 2.19 bits per heavy atom. The number of aryl methyl sites for hydroxylation is 2. The standard InChI is InChI=1S/C28H44N4O4/c1-9-11-12-14-30-25(33)24(22-17-19(3)16-20(4)18-22)32(15-13-29)26(34)23(21(5)10-2)31-27(35)36-28(6,7)8/h16-18,21,23-24H,9-12,14-15H2,1-8H3,(H,30,33)(H,31,35). The molecule has 8 nitrogen and oxygen atoms in total. The number of carbonyl (C=O) groups is 3. The summed E-state index contributed by atoms with van der Waals surface area (Å²) in [5.74, 6) is -1.09. The van der Waals surface area contributed by atoms with Gasteiger partial charge in [0, 0.05) is 6.54 Å². The van der Waals surface area contributed by atoms with Gasteiger partial charge in [0.25, 0.3) is 0 Å². The number of nitriles is 1. The van der Waals surface area contributed by atoms with E-state index in [-0.39, 0.29) is 18.4 Å². The summed E-state index contributed by atoms with van der Waals surface area (Å²) in [6.07, 6.45) is 2.70. The first-order valence-corrected chi connectivity index (χ1v) is 12.9. The SMILES string of the molecule is CCCCCNC(=O)C(c1cc(C)cc(C)c1)N(CC#N)C(=O)C(NC(=O)OC(C)(C)C)C(C)CC. The summed E-state index contributed by atoms with van der Waals surface area (Å²) in [5.41, 5.74) is 1.79. The Morgan fingerprint density at radius 1 is 1.08 bits per heavy atom. The maximum Gasteiger partial charge on any atom is 0.408 e. The second-order valence-corrected chi connectivity index (χ2v) is 10.5. The molecule has 3 atom stereocenters. The van der Waals surface area contributed by atoms with E-state index in [0.29, 0.717) is 18.5 Å². The number of ether oxygens (including phenoxy) is 1. The lowest BCUT2D eigenvalue weighted by Crippen LogP contribution is -2.55. The van der Waals surface area contributed by atoms with Crippen LogP contribution in [0.4, 0.5) is 4.79 Å². The van der Waals surface area contributed by atoms with Gasteiger partial charge in [-0.1, -0.05) is 69.4 Å². The van der Waals surface area contributed by atoms with Gasteiger partial charge in [0.1, 0.15) is 24.2 Å². The second kappa shape index (κ2) is 14.5. The Hall–Kier alpha value is -3.08. The molecule has 1 aromatic rings. The molecule has 0 saturated heterocycles. The fourth-order valence-electron chi connectivity index (χ4n) is 3.99. The van der Waals surface area contributed by atoms with Gasteiger partial charge in [-0.2, -0.15) is 5.26 Å². The minimum absolute atomic E-state index is 0.251. The van der Waals surface area contributed by atoms with E-state index < -0.39 is 29.7 Å².